The van der Waals surface area contributed by atoms with Gasteiger partial charge in [0.2, 0.25) is 0 Å². The van der Waals surface area contributed by atoms with Crippen molar-refractivity contribution in [1.82, 2.24) is 5.32 Å². The molecule has 23 heavy (non-hydrogen) atoms. The van der Waals surface area contributed by atoms with Gasteiger partial charge in [0.25, 0.3) is 5.11 Å². The van der Waals surface area contributed by atoms with E-state index in [1.54, 1.807) is 0 Å². The fraction of sp³-hybridized carbons (Fsp3) is 0.947. The molecular formula is C19H41BrN2S. The molecule has 0 aromatic rings. The molecule has 4 N–H and O–H groups in total. The van der Waals surface area contributed by atoms with Crippen LogP contribution in [0.1, 0.15) is 110 Å². The third-order valence-corrected chi connectivity index (χ3v) is 4.50. The first kappa shape index (κ1) is 25.6. The molecule has 0 heterocycles. The summed E-state index contributed by atoms with van der Waals surface area (Å²) in [7, 11) is 0. The third-order valence-electron chi connectivity index (χ3n) is 4.35. The van der Waals surface area contributed by atoms with Crippen LogP contribution in [0.15, 0.2) is 0 Å². The topological polar surface area (TPSA) is 39.7 Å². The summed E-state index contributed by atoms with van der Waals surface area (Å²) in [6, 6.07) is 0. The van der Waals surface area contributed by atoms with Crippen LogP contribution in [0.25, 0.3) is 0 Å². The second-order valence-electron chi connectivity index (χ2n) is 6.65. The van der Waals surface area contributed by atoms with Crippen LogP contribution in [0.2, 0.25) is 0 Å². The number of unbranched alkanes of at least 4 members (excludes halogenated alkanes) is 15. The van der Waals surface area contributed by atoms with Crippen LogP contribution in [0, 0.1) is 0 Å². The van der Waals surface area contributed by atoms with Crippen LogP contribution in [0.5, 0.6) is 0 Å². The highest BCUT2D eigenvalue weighted by atomic mass is 79.9. The number of halogens is 1. The normalized spacial score (nSPS) is 10.3. The maximum Gasteiger partial charge on any atom is 0.264 e. The van der Waals surface area contributed by atoms with E-state index in [4.69, 9.17) is 12.2 Å². The van der Waals surface area contributed by atoms with E-state index in [0.717, 1.165) is 6.54 Å². The first-order chi connectivity index (χ1) is 10.8. The van der Waals surface area contributed by atoms with Crippen molar-refractivity contribution in [2.24, 2.45) is 0 Å². The minimum absolute atomic E-state index is 0. The van der Waals surface area contributed by atoms with Gasteiger partial charge in [-0.2, -0.15) is 0 Å². The molecule has 0 saturated carbocycles. The van der Waals surface area contributed by atoms with Crippen molar-refractivity contribution in [1.29, 1.82) is 0 Å². The Morgan fingerprint density at radius 2 is 0.957 bits per heavy atom. The maximum absolute atomic E-state index is 4.88. The molecule has 0 spiro atoms. The molecule has 0 aliphatic carbocycles. The van der Waals surface area contributed by atoms with Crippen molar-refractivity contribution in [2.75, 3.05) is 6.54 Å². The van der Waals surface area contributed by atoms with E-state index in [-0.39, 0.29) is 17.0 Å². The molecule has 0 atom stereocenters. The zero-order valence-corrected chi connectivity index (χ0v) is 17.9. The number of hydrogen-bond donors (Lipinski definition) is 2. The fourth-order valence-electron chi connectivity index (χ4n) is 2.90. The van der Waals surface area contributed by atoms with E-state index in [1.807, 2.05) is 0 Å². The molecule has 0 fully saturated rings. The van der Waals surface area contributed by atoms with Crippen LogP contribution in [0.4, 0.5) is 0 Å². The van der Waals surface area contributed by atoms with Crippen LogP contribution < -0.4 is 28.0 Å². The van der Waals surface area contributed by atoms with Crippen molar-refractivity contribution in [3.8, 4) is 0 Å². The highest BCUT2D eigenvalue weighted by Crippen LogP contribution is 2.13. The van der Waals surface area contributed by atoms with Crippen molar-refractivity contribution >= 4 is 17.3 Å². The Morgan fingerprint density at radius 1 is 0.652 bits per heavy atom. The number of rotatable bonds is 17. The Kier molecular flexibility index (Phi) is 24.8. The van der Waals surface area contributed by atoms with Gasteiger partial charge in [-0.1, -0.05) is 103 Å². The molecule has 0 aliphatic rings. The van der Waals surface area contributed by atoms with Crippen molar-refractivity contribution in [2.45, 2.75) is 110 Å². The number of quaternary nitrogens is 1. The molecular weight excluding hydrogens is 368 g/mol. The number of thiocarbonyl (C=S) groups is 1. The molecule has 140 valence electrons. The molecule has 0 radical (unpaired) electrons. The smallest absolute Gasteiger partial charge is 0.264 e. The zero-order valence-electron chi connectivity index (χ0n) is 15.5. The van der Waals surface area contributed by atoms with E-state index >= 15 is 0 Å². The van der Waals surface area contributed by atoms with E-state index in [2.05, 4.69) is 18.0 Å². The Labute approximate surface area is 161 Å². The van der Waals surface area contributed by atoms with Gasteiger partial charge in [-0.05, 0) is 6.42 Å². The largest absolute Gasteiger partial charge is 1.00 e. The number of hydrogen-bond acceptors (Lipinski definition) is 1. The lowest BCUT2D eigenvalue weighted by Crippen LogP contribution is -3.00. The summed E-state index contributed by atoms with van der Waals surface area (Å²) in [5, 5.41) is 3.80. The van der Waals surface area contributed by atoms with Crippen molar-refractivity contribution < 1.29 is 22.7 Å². The second-order valence-corrected chi connectivity index (χ2v) is 7.15. The Balaban J connectivity index is 0. The van der Waals surface area contributed by atoms with Crippen molar-refractivity contribution in [3.63, 3.8) is 0 Å². The summed E-state index contributed by atoms with van der Waals surface area (Å²) in [4.78, 5) is 0. The van der Waals surface area contributed by atoms with Crippen LogP contribution >= 0.6 is 12.2 Å². The van der Waals surface area contributed by atoms with Gasteiger partial charge in [0.1, 0.15) is 0 Å². The van der Waals surface area contributed by atoms with Crippen LogP contribution in [-0.4, -0.2) is 11.7 Å². The highest BCUT2D eigenvalue weighted by Gasteiger charge is 1.95. The summed E-state index contributed by atoms with van der Waals surface area (Å²) >= 11 is 4.88. The van der Waals surface area contributed by atoms with Crippen LogP contribution in [0.3, 0.4) is 0 Å². The third kappa shape index (κ3) is 24.7. The molecule has 2 nitrogen and oxygen atoms in total. The van der Waals surface area contributed by atoms with Gasteiger partial charge >= 0.3 is 0 Å². The van der Waals surface area contributed by atoms with Gasteiger partial charge in [0.05, 0.1) is 0 Å². The maximum atomic E-state index is 4.88. The molecule has 0 aromatic heterocycles. The van der Waals surface area contributed by atoms with E-state index in [0.29, 0.717) is 5.11 Å². The summed E-state index contributed by atoms with van der Waals surface area (Å²) in [6.45, 7) is 3.29. The van der Waals surface area contributed by atoms with E-state index in [9.17, 15) is 0 Å². The first-order valence-electron chi connectivity index (χ1n) is 9.87. The summed E-state index contributed by atoms with van der Waals surface area (Å²) < 4.78 is 0. The van der Waals surface area contributed by atoms with Gasteiger partial charge in [-0.3, -0.25) is 0 Å². The monoisotopic (exact) mass is 408 g/mol. The number of nitrogens with one attached hydrogen (secondary N) is 1. The summed E-state index contributed by atoms with van der Waals surface area (Å²) in [5.74, 6) is 0. The van der Waals surface area contributed by atoms with Gasteiger partial charge in [-0.25, -0.2) is 0 Å². The minimum Gasteiger partial charge on any atom is -1.00 e. The van der Waals surface area contributed by atoms with Crippen LogP contribution in [-0.2, 0) is 0 Å². The Bertz CT molecular complexity index is 237. The summed E-state index contributed by atoms with van der Waals surface area (Å²) in [6.07, 6.45) is 22.7. The van der Waals surface area contributed by atoms with E-state index < -0.39 is 0 Å². The second kappa shape index (κ2) is 22.3. The first-order valence-corrected chi connectivity index (χ1v) is 10.3. The lowest BCUT2D eigenvalue weighted by atomic mass is 10.0. The average Bonchev–Trinajstić information content (AvgIpc) is 2.50. The molecule has 0 aromatic carbocycles. The minimum atomic E-state index is 0. The quantitative estimate of drug-likeness (QED) is 0.286. The van der Waals surface area contributed by atoms with Gasteiger partial charge in [0.15, 0.2) is 0 Å². The highest BCUT2D eigenvalue weighted by molar-refractivity contribution is 7.79. The average molecular weight is 410 g/mol. The molecule has 0 saturated heterocycles. The lowest BCUT2D eigenvalue weighted by Gasteiger charge is -2.04. The standard InChI is InChI=1S/C19H40N2S.BrH/c1-2-3-4-5-6-7-8-9-10-11-12-13-14-15-16-17-18-21-19(20)22;/h2-18H2,1H3,(H3,20,21,22);1H. The predicted molar refractivity (Wildman–Crippen MR) is 103 cm³/mol. The summed E-state index contributed by atoms with van der Waals surface area (Å²) in [5.41, 5.74) is 3.67. The predicted octanol–water partition coefficient (Wildman–Crippen LogP) is 2.37. The lowest BCUT2D eigenvalue weighted by molar-refractivity contribution is -0.215. The molecule has 0 amide bonds. The van der Waals surface area contributed by atoms with E-state index in [1.165, 1.54) is 103 Å². The molecule has 0 aliphatic heterocycles. The SMILES string of the molecule is CCCCCCCCCCCCCCCCCCNC([NH3+])=S.[Br-]. The molecule has 0 rings (SSSR count). The van der Waals surface area contributed by atoms with Gasteiger partial charge in [-0.15, -0.1) is 0 Å². The Morgan fingerprint density at radius 3 is 1.26 bits per heavy atom. The van der Waals surface area contributed by atoms with Gasteiger partial charge in [0, 0.05) is 18.8 Å². The molecule has 0 bridgehead atoms. The zero-order chi connectivity index (χ0) is 16.3. The van der Waals surface area contributed by atoms with Crippen molar-refractivity contribution in [3.05, 3.63) is 0 Å². The van der Waals surface area contributed by atoms with Gasteiger partial charge < -0.3 is 28.0 Å². The molecule has 4 heteroatoms. The Hall–Kier alpha value is 0.330. The fourth-order valence-corrected chi connectivity index (χ4v) is 3.00. The molecule has 0 unspecified atom stereocenters.